The van der Waals surface area contributed by atoms with Gasteiger partial charge in [0.05, 0.1) is 4.47 Å². The van der Waals surface area contributed by atoms with Crippen LogP contribution in [-0.4, -0.2) is 0 Å². The molecule has 1 nitrogen and oxygen atoms in total. The van der Waals surface area contributed by atoms with Gasteiger partial charge in [0, 0.05) is 11.6 Å². The van der Waals surface area contributed by atoms with Gasteiger partial charge in [-0.15, -0.1) is 0 Å². The molecule has 2 N–H and O–H groups in total. The average molecular weight is 318 g/mol. The fraction of sp³-hybridized carbons (Fsp3) is 0.571. The monoisotopic (exact) mass is 317 g/mol. The van der Waals surface area contributed by atoms with Gasteiger partial charge in [-0.1, -0.05) is 25.7 Å². The van der Waals surface area contributed by atoms with Gasteiger partial charge < -0.3 is 5.73 Å². The van der Waals surface area contributed by atoms with Crippen molar-refractivity contribution in [3.8, 4) is 0 Å². The summed E-state index contributed by atoms with van der Waals surface area (Å²) in [6, 6.07) is 2.12. The molecule has 0 aliphatic heterocycles. The molecule has 1 atom stereocenters. The molecule has 4 heteroatoms. The first-order valence-corrected chi connectivity index (χ1v) is 7.29. The van der Waals surface area contributed by atoms with Crippen molar-refractivity contribution in [2.75, 3.05) is 0 Å². The molecular formula is C14H18BrF2N. The number of halogens is 3. The Morgan fingerprint density at radius 1 is 1.11 bits per heavy atom. The summed E-state index contributed by atoms with van der Waals surface area (Å²) in [6.45, 7) is 0. The molecule has 1 aliphatic rings. The second kappa shape index (κ2) is 6.11. The Labute approximate surface area is 115 Å². The van der Waals surface area contributed by atoms with Gasteiger partial charge in [-0.05, 0) is 46.8 Å². The number of rotatable bonds is 2. The second-order valence-corrected chi connectivity index (χ2v) is 5.89. The Hall–Kier alpha value is -0.480. The molecule has 18 heavy (non-hydrogen) atoms. The maximum atomic E-state index is 14.0. The van der Waals surface area contributed by atoms with Crippen LogP contribution in [0, 0.1) is 17.6 Å². The van der Waals surface area contributed by atoms with Crippen LogP contribution in [0.3, 0.4) is 0 Å². The Bertz CT molecular complexity index is 415. The van der Waals surface area contributed by atoms with Crippen LogP contribution in [0.25, 0.3) is 0 Å². The Morgan fingerprint density at radius 3 is 2.33 bits per heavy atom. The van der Waals surface area contributed by atoms with Gasteiger partial charge in [-0.2, -0.15) is 0 Å². The highest BCUT2D eigenvalue weighted by molar-refractivity contribution is 9.10. The molecule has 1 aliphatic carbocycles. The quantitative estimate of drug-likeness (QED) is 0.621. The van der Waals surface area contributed by atoms with E-state index in [-0.39, 0.29) is 16.0 Å². The molecule has 0 saturated heterocycles. The minimum Gasteiger partial charge on any atom is -0.324 e. The predicted molar refractivity (Wildman–Crippen MR) is 72.2 cm³/mol. The second-order valence-electron chi connectivity index (χ2n) is 5.03. The minimum absolute atomic E-state index is 0.0382. The van der Waals surface area contributed by atoms with Crippen LogP contribution in [-0.2, 0) is 0 Å². The first-order chi connectivity index (χ1) is 8.61. The Balaban J connectivity index is 2.27. The van der Waals surface area contributed by atoms with Crippen LogP contribution < -0.4 is 5.73 Å². The van der Waals surface area contributed by atoms with Crippen molar-refractivity contribution in [2.45, 2.75) is 44.6 Å². The lowest BCUT2D eigenvalue weighted by molar-refractivity contribution is 0.361. The Kier molecular flexibility index (Phi) is 4.73. The molecule has 0 bridgehead atoms. The fourth-order valence-corrected chi connectivity index (χ4v) is 3.10. The largest absolute Gasteiger partial charge is 0.324 e. The van der Waals surface area contributed by atoms with Crippen molar-refractivity contribution in [3.63, 3.8) is 0 Å². The van der Waals surface area contributed by atoms with Crippen LogP contribution in [0.4, 0.5) is 8.78 Å². The first-order valence-electron chi connectivity index (χ1n) is 6.50. The van der Waals surface area contributed by atoms with Crippen molar-refractivity contribution in [1.82, 2.24) is 0 Å². The summed E-state index contributed by atoms with van der Waals surface area (Å²) in [5, 5.41) is 0. The Morgan fingerprint density at radius 2 is 1.72 bits per heavy atom. The molecular weight excluding hydrogens is 300 g/mol. The van der Waals surface area contributed by atoms with E-state index in [0.717, 1.165) is 25.7 Å². The van der Waals surface area contributed by atoms with Gasteiger partial charge >= 0.3 is 0 Å². The van der Waals surface area contributed by atoms with Crippen molar-refractivity contribution < 1.29 is 8.78 Å². The van der Waals surface area contributed by atoms with Gasteiger partial charge in [-0.25, -0.2) is 8.78 Å². The third kappa shape index (κ3) is 2.91. The molecule has 1 saturated carbocycles. The third-order valence-corrected chi connectivity index (χ3v) is 4.43. The minimum atomic E-state index is -0.549. The summed E-state index contributed by atoms with van der Waals surface area (Å²) in [5.74, 6) is -0.898. The number of nitrogens with two attached hydrogens (primary N) is 1. The molecule has 0 aromatic heterocycles. The lowest BCUT2D eigenvalue weighted by atomic mass is 9.87. The van der Waals surface area contributed by atoms with Crippen molar-refractivity contribution in [1.29, 1.82) is 0 Å². The zero-order valence-electron chi connectivity index (χ0n) is 10.3. The summed E-state index contributed by atoms with van der Waals surface area (Å²) < 4.78 is 28.1. The smallest absolute Gasteiger partial charge is 0.145 e. The number of hydrogen-bond donors (Lipinski definition) is 1. The van der Waals surface area contributed by atoms with Crippen molar-refractivity contribution >= 4 is 15.9 Å². The molecule has 1 unspecified atom stereocenters. The summed E-state index contributed by atoms with van der Waals surface area (Å²) >= 11 is 3.09. The van der Waals surface area contributed by atoms with E-state index in [2.05, 4.69) is 15.9 Å². The summed E-state index contributed by atoms with van der Waals surface area (Å²) in [4.78, 5) is 0. The predicted octanol–water partition coefficient (Wildman–Crippen LogP) is 4.70. The zero-order valence-corrected chi connectivity index (χ0v) is 11.8. The molecule has 0 heterocycles. The molecule has 1 aromatic rings. The van der Waals surface area contributed by atoms with Gasteiger partial charge in [0.15, 0.2) is 0 Å². The first kappa shape index (κ1) is 13.9. The summed E-state index contributed by atoms with van der Waals surface area (Å²) in [5.41, 5.74) is 6.15. The molecule has 0 amide bonds. The molecule has 100 valence electrons. The van der Waals surface area contributed by atoms with Crippen LogP contribution in [0.5, 0.6) is 0 Å². The van der Waals surface area contributed by atoms with Crippen LogP contribution >= 0.6 is 15.9 Å². The van der Waals surface area contributed by atoms with E-state index in [1.165, 1.54) is 25.0 Å². The molecule has 0 spiro atoms. The van der Waals surface area contributed by atoms with E-state index in [1.54, 1.807) is 0 Å². The molecule has 0 radical (unpaired) electrons. The van der Waals surface area contributed by atoms with E-state index in [0.29, 0.717) is 0 Å². The number of benzene rings is 1. The third-order valence-electron chi connectivity index (χ3n) is 3.82. The summed E-state index contributed by atoms with van der Waals surface area (Å²) in [7, 11) is 0. The molecule has 1 aromatic carbocycles. The van der Waals surface area contributed by atoms with Gasteiger partial charge in [-0.3, -0.25) is 0 Å². The fourth-order valence-electron chi connectivity index (χ4n) is 2.75. The van der Waals surface area contributed by atoms with Crippen LogP contribution in [0.1, 0.15) is 50.1 Å². The lowest BCUT2D eigenvalue weighted by Gasteiger charge is -2.23. The van der Waals surface area contributed by atoms with E-state index in [9.17, 15) is 8.78 Å². The number of hydrogen-bond acceptors (Lipinski definition) is 1. The van der Waals surface area contributed by atoms with Crippen molar-refractivity contribution in [3.05, 3.63) is 33.8 Å². The molecule has 1 fully saturated rings. The average Bonchev–Trinajstić information content (AvgIpc) is 2.63. The van der Waals surface area contributed by atoms with E-state index in [4.69, 9.17) is 5.73 Å². The topological polar surface area (TPSA) is 26.0 Å². The molecule has 2 rings (SSSR count). The standard InChI is InChI=1S/C14H18BrF2N/c15-10-7-8-11(16)12(13(10)17)14(18)9-5-3-1-2-4-6-9/h7-9,14H,1-6,18H2. The van der Waals surface area contributed by atoms with Crippen LogP contribution in [0.15, 0.2) is 16.6 Å². The highest BCUT2D eigenvalue weighted by Crippen LogP contribution is 2.35. The van der Waals surface area contributed by atoms with Gasteiger partial charge in [0.25, 0.3) is 0 Å². The highest BCUT2D eigenvalue weighted by atomic mass is 79.9. The van der Waals surface area contributed by atoms with E-state index in [1.807, 2.05) is 0 Å². The van der Waals surface area contributed by atoms with Crippen LogP contribution in [0.2, 0.25) is 0 Å². The zero-order chi connectivity index (χ0) is 13.1. The maximum absolute atomic E-state index is 14.0. The maximum Gasteiger partial charge on any atom is 0.145 e. The normalized spacial score (nSPS) is 19.6. The van der Waals surface area contributed by atoms with E-state index >= 15 is 0 Å². The van der Waals surface area contributed by atoms with Gasteiger partial charge in [0.1, 0.15) is 11.6 Å². The lowest BCUT2D eigenvalue weighted by Crippen LogP contribution is -2.23. The summed E-state index contributed by atoms with van der Waals surface area (Å²) in [6.07, 6.45) is 6.55. The van der Waals surface area contributed by atoms with Crippen molar-refractivity contribution in [2.24, 2.45) is 11.7 Å². The van der Waals surface area contributed by atoms with E-state index < -0.39 is 17.7 Å². The highest BCUT2D eigenvalue weighted by Gasteiger charge is 2.26. The SMILES string of the molecule is NC(c1c(F)ccc(Br)c1F)C1CCCCCC1. The van der Waals surface area contributed by atoms with Gasteiger partial charge in [0.2, 0.25) is 0 Å².